The second-order valence-corrected chi connectivity index (χ2v) is 19.3. The van der Waals surface area contributed by atoms with E-state index in [0.29, 0.717) is 5.92 Å². The van der Waals surface area contributed by atoms with E-state index in [1.54, 1.807) is 11.1 Å². The van der Waals surface area contributed by atoms with Gasteiger partial charge in [-0.15, -0.1) is 0 Å². The molecule has 0 unspecified atom stereocenters. The molecule has 1 heteroatoms. The number of hydrogen-bond donors (Lipinski definition) is 0. The van der Waals surface area contributed by atoms with Crippen molar-refractivity contribution in [2.45, 2.75) is 140 Å². The van der Waals surface area contributed by atoms with Crippen molar-refractivity contribution in [3.05, 3.63) is 161 Å². The van der Waals surface area contributed by atoms with Gasteiger partial charge in [0.25, 0.3) is 0 Å². The molecule has 1 nitrogen and oxygen atoms in total. The van der Waals surface area contributed by atoms with E-state index in [0.717, 1.165) is 11.8 Å². The predicted molar refractivity (Wildman–Crippen MR) is 252 cm³/mol. The van der Waals surface area contributed by atoms with E-state index in [-0.39, 0.29) is 5.41 Å². The molecule has 3 saturated carbocycles. The van der Waals surface area contributed by atoms with Crippen LogP contribution < -0.4 is 4.90 Å². The molecule has 0 heterocycles. The zero-order valence-electron chi connectivity index (χ0n) is 35.9. The van der Waals surface area contributed by atoms with E-state index >= 15 is 0 Å². The minimum absolute atomic E-state index is 0.0558. The number of benzene rings is 6. The van der Waals surface area contributed by atoms with Gasteiger partial charge < -0.3 is 4.90 Å². The average molecular weight is 774 g/mol. The lowest BCUT2D eigenvalue weighted by molar-refractivity contribution is 0.435. The van der Waals surface area contributed by atoms with Gasteiger partial charge in [0.2, 0.25) is 0 Å². The summed E-state index contributed by atoms with van der Waals surface area (Å²) in [6, 6.07) is 50.1. The molecular weight excluding hydrogens is 711 g/mol. The first-order valence-electron chi connectivity index (χ1n) is 23.4. The summed E-state index contributed by atoms with van der Waals surface area (Å²) in [6.45, 7) is 7.09. The summed E-state index contributed by atoms with van der Waals surface area (Å²) < 4.78 is 0. The monoisotopic (exact) mass is 773 g/mol. The molecule has 59 heavy (non-hydrogen) atoms. The van der Waals surface area contributed by atoms with Gasteiger partial charge in [0.1, 0.15) is 0 Å². The van der Waals surface area contributed by atoms with Gasteiger partial charge in [0.15, 0.2) is 0 Å². The summed E-state index contributed by atoms with van der Waals surface area (Å²) in [7, 11) is 0. The van der Waals surface area contributed by atoms with Crippen molar-refractivity contribution in [2.24, 2.45) is 0 Å². The van der Waals surface area contributed by atoms with E-state index in [4.69, 9.17) is 0 Å². The third-order valence-electron chi connectivity index (χ3n) is 15.2. The predicted octanol–water partition coefficient (Wildman–Crippen LogP) is 17.2. The Hall–Kier alpha value is -4.88. The molecule has 0 spiro atoms. The van der Waals surface area contributed by atoms with Crippen LogP contribution in [0.3, 0.4) is 0 Å². The average Bonchev–Trinajstić information content (AvgIpc) is 3.53. The Labute approximate surface area is 354 Å². The first-order chi connectivity index (χ1) is 28.9. The summed E-state index contributed by atoms with van der Waals surface area (Å²) in [4.78, 5) is 2.51. The molecular formula is C58H63N. The highest BCUT2D eigenvalue weighted by molar-refractivity contribution is 5.86. The molecule has 4 aliphatic rings. The standard InChI is InChI=1S/C58H63N/c1-40-34-46(49-36-47(42-18-9-5-10-19-42)35-48(37-49)43-20-11-6-12-21-43)28-32-53(40)44-26-29-50(30-27-44)59(51-23-15-22-45(38-51)41-16-7-4-8-17-41)52-31-33-55-54-24-13-14-25-56(54)58(2,3)57(55)39-52/h13-15,22-39,41-43H,4-12,16-21H2,1-3H3. The van der Waals surface area contributed by atoms with Crippen LogP contribution in [-0.4, -0.2) is 0 Å². The minimum atomic E-state index is -0.0558. The van der Waals surface area contributed by atoms with Crippen molar-refractivity contribution in [1.29, 1.82) is 0 Å². The normalized spacial score (nSPS) is 18.4. The Morgan fingerprint density at radius 3 is 1.58 bits per heavy atom. The van der Waals surface area contributed by atoms with Crippen LogP contribution in [0.15, 0.2) is 127 Å². The van der Waals surface area contributed by atoms with Gasteiger partial charge in [-0.25, -0.2) is 0 Å². The van der Waals surface area contributed by atoms with Crippen LogP contribution in [0.5, 0.6) is 0 Å². The van der Waals surface area contributed by atoms with Crippen molar-refractivity contribution < 1.29 is 0 Å². The molecule has 0 N–H and O–H groups in total. The Balaban J connectivity index is 0.994. The zero-order valence-corrected chi connectivity index (χ0v) is 35.9. The molecule has 0 aromatic heterocycles. The lowest BCUT2D eigenvalue weighted by Crippen LogP contribution is -2.16. The molecule has 10 rings (SSSR count). The molecule has 0 aliphatic heterocycles. The lowest BCUT2D eigenvalue weighted by Gasteiger charge is -2.29. The minimum Gasteiger partial charge on any atom is -0.310 e. The molecule has 300 valence electrons. The maximum atomic E-state index is 2.62. The molecule has 6 aromatic carbocycles. The van der Waals surface area contributed by atoms with Gasteiger partial charge in [-0.1, -0.05) is 163 Å². The zero-order chi connectivity index (χ0) is 39.9. The second-order valence-electron chi connectivity index (χ2n) is 19.3. The van der Waals surface area contributed by atoms with Crippen molar-refractivity contribution >= 4 is 17.1 Å². The molecule has 0 amide bonds. The highest BCUT2D eigenvalue weighted by Crippen LogP contribution is 2.51. The molecule has 0 saturated heterocycles. The molecule has 6 aromatic rings. The molecule has 3 fully saturated rings. The summed E-state index contributed by atoms with van der Waals surface area (Å²) >= 11 is 0. The third-order valence-corrected chi connectivity index (χ3v) is 15.2. The van der Waals surface area contributed by atoms with Gasteiger partial charge in [-0.3, -0.25) is 0 Å². The molecule has 0 atom stereocenters. The molecule has 0 bridgehead atoms. The van der Waals surface area contributed by atoms with E-state index in [9.17, 15) is 0 Å². The third kappa shape index (κ3) is 7.49. The smallest absolute Gasteiger partial charge is 0.0465 e. The molecule has 4 aliphatic carbocycles. The van der Waals surface area contributed by atoms with E-state index < -0.39 is 0 Å². The van der Waals surface area contributed by atoms with Gasteiger partial charge in [-0.05, 0) is 166 Å². The van der Waals surface area contributed by atoms with E-state index in [1.165, 1.54) is 169 Å². The number of aryl methyl sites for hydroxylation is 1. The molecule has 0 radical (unpaired) electrons. The number of hydrogen-bond acceptors (Lipinski definition) is 1. The second kappa shape index (κ2) is 16.3. The van der Waals surface area contributed by atoms with Crippen molar-refractivity contribution in [3.63, 3.8) is 0 Å². The van der Waals surface area contributed by atoms with Crippen LogP contribution in [-0.2, 0) is 5.41 Å². The number of rotatable bonds is 8. The van der Waals surface area contributed by atoms with E-state index in [1.807, 2.05) is 0 Å². The van der Waals surface area contributed by atoms with Crippen molar-refractivity contribution in [1.82, 2.24) is 0 Å². The summed E-state index contributed by atoms with van der Waals surface area (Å²) in [6.07, 6.45) is 20.4. The summed E-state index contributed by atoms with van der Waals surface area (Å²) in [5.41, 5.74) is 20.6. The lowest BCUT2D eigenvalue weighted by atomic mass is 9.78. The first-order valence-corrected chi connectivity index (χ1v) is 23.4. The topological polar surface area (TPSA) is 3.24 Å². The fourth-order valence-corrected chi connectivity index (χ4v) is 11.8. The Kier molecular flexibility index (Phi) is 10.6. The van der Waals surface area contributed by atoms with Crippen LogP contribution in [0.4, 0.5) is 17.1 Å². The fraction of sp³-hybridized carbons (Fsp3) is 0.379. The Bertz CT molecular complexity index is 2390. The van der Waals surface area contributed by atoms with Crippen LogP contribution in [0.2, 0.25) is 0 Å². The maximum absolute atomic E-state index is 2.62. The fourth-order valence-electron chi connectivity index (χ4n) is 11.8. The van der Waals surface area contributed by atoms with Crippen molar-refractivity contribution in [3.8, 4) is 33.4 Å². The van der Waals surface area contributed by atoms with Crippen LogP contribution in [0, 0.1) is 6.92 Å². The van der Waals surface area contributed by atoms with Gasteiger partial charge in [-0.2, -0.15) is 0 Å². The maximum Gasteiger partial charge on any atom is 0.0465 e. The highest BCUT2D eigenvalue weighted by Gasteiger charge is 2.36. The van der Waals surface area contributed by atoms with Gasteiger partial charge in [0, 0.05) is 22.5 Å². The largest absolute Gasteiger partial charge is 0.310 e. The first kappa shape index (κ1) is 38.3. The number of nitrogens with zero attached hydrogens (tertiary/aromatic N) is 1. The van der Waals surface area contributed by atoms with Crippen LogP contribution in [0.1, 0.15) is 161 Å². The van der Waals surface area contributed by atoms with Gasteiger partial charge in [0.05, 0.1) is 0 Å². The van der Waals surface area contributed by atoms with Crippen LogP contribution in [0.25, 0.3) is 33.4 Å². The summed E-state index contributed by atoms with van der Waals surface area (Å²) in [5.74, 6) is 2.10. The highest BCUT2D eigenvalue weighted by atomic mass is 15.1. The van der Waals surface area contributed by atoms with E-state index in [2.05, 4.69) is 153 Å². The SMILES string of the molecule is Cc1cc(-c2cc(C3CCCCC3)cc(C3CCCCC3)c2)ccc1-c1ccc(N(c2cccc(C3CCCCC3)c2)c2ccc3c(c2)C(C)(C)c2ccccc2-3)cc1. The Morgan fingerprint density at radius 2 is 0.932 bits per heavy atom. The van der Waals surface area contributed by atoms with Crippen molar-refractivity contribution in [2.75, 3.05) is 4.90 Å². The van der Waals surface area contributed by atoms with Crippen LogP contribution >= 0.6 is 0 Å². The quantitative estimate of drug-likeness (QED) is 0.149. The van der Waals surface area contributed by atoms with Gasteiger partial charge >= 0.3 is 0 Å². The number of fused-ring (bicyclic) bond motifs is 3. The number of anilines is 3. The Morgan fingerprint density at radius 1 is 0.390 bits per heavy atom. The summed E-state index contributed by atoms with van der Waals surface area (Å²) in [5, 5.41) is 0.